The highest BCUT2D eigenvalue weighted by Gasteiger charge is 2.19. The Balaban J connectivity index is 0.00000264. The summed E-state index contributed by atoms with van der Waals surface area (Å²) in [5.41, 5.74) is 1.05. The van der Waals surface area contributed by atoms with Crippen LogP contribution in [0.25, 0.3) is 0 Å². The maximum atomic E-state index is 12.1. The van der Waals surface area contributed by atoms with Crippen LogP contribution < -0.4 is 10.6 Å². The van der Waals surface area contributed by atoms with Crippen LogP contribution in [0.1, 0.15) is 30.9 Å². The first-order valence-corrected chi connectivity index (χ1v) is 8.34. The molecule has 1 aliphatic heterocycles. The van der Waals surface area contributed by atoms with Crippen LogP contribution in [-0.4, -0.2) is 44.5 Å². The van der Waals surface area contributed by atoms with Crippen molar-refractivity contribution in [1.29, 1.82) is 0 Å². The molecule has 0 radical (unpaired) electrons. The zero-order chi connectivity index (χ0) is 15.9. The first-order valence-electron chi connectivity index (χ1n) is 7.96. The summed E-state index contributed by atoms with van der Waals surface area (Å²) in [4.78, 5) is 14.1. The minimum Gasteiger partial charge on any atom is -0.354 e. The standard InChI is InChI=1S/C17H26ClN3O.2ClH/c1-21(2)16(14-5-3-4-6-15(14)18)12-20-17(22)8-7-13-9-10-19-11-13;;/h3-6,13,16,19H,7-12H2,1-2H3,(H,20,22);2*1H. The van der Waals surface area contributed by atoms with Gasteiger partial charge in [-0.3, -0.25) is 4.79 Å². The lowest BCUT2D eigenvalue weighted by atomic mass is 10.0. The van der Waals surface area contributed by atoms with Gasteiger partial charge in [0.1, 0.15) is 0 Å². The molecule has 1 aromatic carbocycles. The Morgan fingerprint density at radius 2 is 2.08 bits per heavy atom. The third kappa shape index (κ3) is 7.16. The maximum absolute atomic E-state index is 12.1. The van der Waals surface area contributed by atoms with Crippen LogP contribution in [0.3, 0.4) is 0 Å². The van der Waals surface area contributed by atoms with Gasteiger partial charge >= 0.3 is 0 Å². The van der Waals surface area contributed by atoms with Gasteiger partial charge in [0.15, 0.2) is 0 Å². The van der Waals surface area contributed by atoms with Crippen LogP contribution in [0.2, 0.25) is 5.02 Å². The fourth-order valence-corrected chi connectivity index (χ4v) is 3.17. The average molecular weight is 397 g/mol. The van der Waals surface area contributed by atoms with Gasteiger partial charge < -0.3 is 15.5 Å². The molecular weight excluding hydrogens is 369 g/mol. The van der Waals surface area contributed by atoms with Crippen LogP contribution >= 0.6 is 36.4 Å². The van der Waals surface area contributed by atoms with E-state index in [-0.39, 0.29) is 36.8 Å². The Morgan fingerprint density at radius 1 is 1.38 bits per heavy atom. The highest BCUT2D eigenvalue weighted by Crippen LogP contribution is 2.25. The number of carbonyl (C=O) groups excluding carboxylic acids is 1. The topological polar surface area (TPSA) is 44.4 Å². The molecule has 0 aromatic heterocycles. The van der Waals surface area contributed by atoms with Crippen molar-refractivity contribution in [1.82, 2.24) is 15.5 Å². The molecule has 1 fully saturated rings. The van der Waals surface area contributed by atoms with E-state index >= 15 is 0 Å². The predicted molar refractivity (Wildman–Crippen MR) is 106 cm³/mol. The average Bonchev–Trinajstić information content (AvgIpc) is 3.00. The Bertz CT molecular complexity index is 494. The number of hydrogen-bond donors (Lipinski definition) is 2. The van der Waals surface area contributed by atoms with E-state index in [0.717, 1.165) is 30.1 Å². The van der Waals surface area contributed by atoms with Crippen molar-refractivity contribution in [2.45, 2.75) is 25.3 Å². The van der Waals surface area contributed by atoms with Gasteiger partial charge in [-0.1, -0.05) is 29.8 Å². The van der Waals surface area contributed by atoms with Gasteiger partial charge in [-0.15, -0.1) is 24.8 Å². The van der Waals surface area contributed by atoms with Crippen molar-refractivity contribution in [3.05, 3.63) is 34.9 Å². The molecule has 138 valence electrons. The molecule has 1 aliphatic rings. The lowest BCUT2D eigenvalue weighted by Crippen LogP contribution is -2.34. The number of carbonyl (C=O) groups is 1. The molecule has 0 spiro atoms. The molecule has 2 rings (SSSR count). The van der Waals surface area contributed by atoms with Crippen LogP contribution in [0.15, 0.2) is 24.3 Å². The maximum Gasteiger partial charge on any atom is 0.220 e. The van der Waals surface area contributed by atoms with E-state index in [1.165, 1.54) is 6.42 Å². The van der Waals surface area contributed by atoms with E-state index in [2.05, 4.69) is 15.5 Å². The SMILES string of the molecule is CN(C)C(CNC(=O)CCC1CCNC1)c1ccccc1Cl.Cl.Cl. The molecule has 2 N–H and O–H groups in total. The molecule has 0 saturated carbocycles. The van der Waals surface area contributed by atoms with Gasteiger partial charge in [0, 0.05) is 18.0 Å². The first kappa shape index (κ1) is 23.5. The van der Waals surface area contributed by atoms with E-state index in [1.807, 2.05) is 38.4 Å². The zero-order valence-electron chi connectivity index (χ0n) is 14.3. The number of hydrogen-bond acceptors (Lipinski definition) is 3. The summed E-state index contributed by atoms with van der Waals surface area (Å²) in [6.45, 7) is 2.72. The Morgan fingerprint density at radius 3 is 2.67 bits per heavy atom. The van der Waals surface area contributed by atoms with Gasteiger partial charge in [0.2, 0.25) is 5.91 Å². The zero-order valence-corrected chi connectivity index (χ0v) is 16.6. The summed E-state index contributed by atoms with van der Waals surface area (Å²) in [6.07, 6.45) is 2.76. The monoisotopic (exact) mass is 395 g/mol. The fourth-order valence-electron chi connectivity index (χ4n) is 2.91. The van der Waals surface area contributed by atoms with Gasteiger partial charge in [-0.25, -0.2) is 0 Å². The molecule has 0 aliphatic carbocycles. The molecule has 1 amide bonds. The summed E-state index contributed by atoms with van der Waals surface area (Å²) < 4.78 is 0. The van der Waals surface area contributed by atoms with Crippen molar-refractivity contribution < 1.29 is 4.79 Å². The van der Waals surface area contributed by atoms with Gasteiger partial charge in [0.05, 0.1) is 6.04 Å². The van der Waals surface area contributed by atoms with Crippen LogP contribution in [-0.2, 0) is 4.79 Å². The van der Waals surface area contributed by atoms with Crippen molar-refractivity contribution in [2.24, 2.45) is 5.92 Å². The number of nitrogens with one attached hydrogen (secondary N) is 2. The highest BCUT2D eigenvalue weighted by atomic mass is 35.5. The molecule has 1 aromatic rings. The summed E-state index contributed by atoms with van der Waals surface area (Å²) in [5, 5.41) is 7.13. The molecule has 1 saturated heterocycles. The van der Waals surface area contributed by atoms with E-state index < -0.39 is 0 Å². The molecule has 1 heterocycles. The normalized spacial score (nSPS) is 17.8. The first-order chi connectivity index (χ1) is 10.6. The summed E-state index contributed by atoms with van der Waals surface area (Å²) in [7, 11) is 4.01. The molecule has 2 unspecified atom stereocenters. The quantitative estimate of drug-likeness (QED) is 0.743. The third-order valence-electron chi connectivity index (χ3n) is 4.32. The molecule has 7 heteroatoms. The predicted octanol–water partition coefficient (Wildman–Crippen LogP) is 3.29. The number of benzene rings is 1. The van der Waals surface area contributed by atoms with E-state index in [4.69, 9.17) is 11.6 Å². The molecule has 0 bridgehead atoms. The van der Waals surface area contributed by atoms with Gasteiger partial charge in [0.25, 0.3) is 0 Å². The van der Waals surface area contributed by atoms with Crippen LogP contribution in [0, 0.1) is 5.92 Å². The second-order valence-corrected chi connectivity index (χ2v) is 6.61. The molecule has 2 atom stereocenters. The minimum atomic E-state index is 0. The second kappa shape index (κ2) is 11.9. The largest absolute Gasteiger partial charge is 0.354 e. The van der Waals surface area contributed by atoms with Crippen molar-refractivity contribution in [3.63, 3.8) is 0 Å². The third-order valence-corrected chi connectivity index (χ3v) is 4.67. The second-order valence-electron chi connectivity index (χ2n) is 6.20. The van der Waals surface area contributed by atoms with E-state index in [0.29, 0.717) is 18.9 Å². The van der Waals surface area contributed by atoms with E-state index in [9.17, 15) is 4.79 Å². The minimum absolute atomic E-state index is 0. The van der Waals surface area contributed by atoms with Gasteiger partial charge in [-0.05, 0) is 57.6 Å². The number of halogens is 3. The van der Waals surface area contributed by atoms with Crippen LogP contribution in [0.4, 0.5) is 0 Å². The summed E-state index contributed by atoms with van der Waals surface area (Å²) in [5.74, 6) is 0.782. The lowest BCUT2D eigenvalue weighted by Gasteiger charge is -2.26. The molecule has 24 heavy (non-hydrogen) atoms. The summed E-state index contributed by atoms with van der Waals surface area (Å²) >= 11 is 6.28. The number of nitrogens with zero attached hydrogens (tertiary/aromatic N) is 1. The Hall–Kier alpha value is -0.520. The number of likely N-dealkylation sites (N-methyl/N-ethyl adjacent to an activating group) is 1. The molecule has 4 nitrogen and oxygen atoms in total. The van der Waals surface area contributed by atoms with Crippen molar-refractivity contribution >= 4 is 42.3 Å². The lowest BCUT2D eigenvalue weighted by molar-refractivity contribution is -0.121. The van der Waals surface area contributed by atoms with Gasteiger partial charge in [-0.2, -0.15) is 0 Å². The highest BCUT2D eigenvalue weighted by molar-refractivity contribution is 6.31. The number of rotatable bonds is 7. The van der Waals surface area contributed by atoms with Crippen molar-refractivity contribution in [2.75, 3.05) is 33.7 Å². The van der Waals surface area contributed by atoms with Crippen LogP contribution in [0.5, 0.6) is 0 Å². The molecular formula is C17H28Cl3N3O. The smallest absolute Gasteiger partial charge is 0.220 e. The Labute approximate surface area is 162 Å². The van der Waals surface area contributed by atoms with E-state index in [1.54, 1.807) is 0 Å². The summed E-state index contributed by atoms with van der Waals surface area (Å²) in [6, 6.07) is 7.90. The van der Waals surface area contributed by atoms with Crippen molar-refractivity contribution in [3.8, 4) is 0 Å². The fraction of sp³-hybridized carbons (Fsp3) is 0.588. The Kier molecular flexibility index (Phi) is 11.7. The number of amides is 1.